The van der Waals surface area contributed by atoms with E-state index < -0.39 is 11.4 Å². The predicted molar refractivity (Wildman–Crippen MR) is 104 cm³/mol. The van der Waals surface area contributed by atoms with E-state index in [0.717, 1.165) is 29.6 Å². The third-order valence-corrected chi connectivity index (χ3v) is 4.63. The number of pyridine rings is 1. The van der Waals surface area contributed by atoms with Gasteiger partial charge in [-0.2, -0.15) is 5.26 Å². The average molecular weight is 385 g/mol. The van der Waals surface area contributed by atoms with Crippen LogP contribution in [0.2, 0.25) is 0 Å². The summed E-state index contributed by atoms with van der Waals surface area (Å²) < 4.78 is 12.6. The van der Waals surface area contributed by atoms with Crippen LogP contribution in [0.4, 0.5) is 5.69 Å². The van der Waals surface area contributed by atoms with Crippen molar-refractivity contribution in [2.75, 3.05) is 38.3 Å². The summed E-state index contributed by atoms with van der Waals surface area (Å²) in [6, 6.07) is 5.75. The minimum absolute atomic E-state index is 0.197. The molecule has 28 heavy (non-hydrogen) atoms. The lowest BCUT2D eigenvalue weighted by molar-refractivity contribution is 0.0538. The molecule has 0 saturated carbocycles. The fourth-order valence-electron chi connectivity index (χ4n) is 3.40. The molecular weight excluding hydrogens is 362 g/mol. The number of carboxylic acids is 1. The number of hydrogen-bond donors (Lipinski definition) is 2. The molecule has 0 aliphatic carbocycles. The van der Waals surface area contributed by atoms with Crippen molar-refractivity contribution in [1.29, 1.82) is 5.26 Å². The number of nitrogens with one attached hydrogen (secondary N) is 1. The minimum atomic E-state index is -1.20. The Bertz CT molecular complexity index is 961. The Morgan fingerprint density at radius 3 is 2.79 bits per heavy atom. The summed E-state index contributed by atoms with van der Waals surface area (Å²) in [5.74, 6) is -1.20. The summed E-state index contributed by atoms with van der Waals surface area (Å²) in [7, 11) is 0. The van der Waals surface area contributed by atoms with Gasteiger partial charge in [0.1, 0.15) is 5.56 Å². The van der Waals surface area contributed by atoms with Crippen LogP contribution < -0.4 is 10.7 Å². The molecule has 1 aromatic heterocycles. The van der Waals surface area contributed by atoms with Crippen LogP contribution in [0, 0.1) is 11.3 Å². The SMILES string of the molecule is N#CCCOCCOCCNc1cc2c3c(c1)c(=O)c(C(=O)O)cn3CCC2. The van der Waals surface area contributed by atoms with Gasteiger partial charge in [0.2, 0.25) is 5.43 Å². The maximum absolute atomic E-state index is 12.6. The van der Waals surface area contributed by atoms with Crippen molar-refractivity contribution in [3.05, 3.63) is 39.7 Å². The van der Waals surface area contributed by atoms with E-state index in [-0.39, 0.29) is 5.56 Å². The normalized spacial score (nSPS) is 12.7. The second-order valence-corrected chi connectivity index (χ2v) is 6.57. The molecule has 0 unspecified atom stereocenters. The number of rotatable bonds is 10. The Labute approximate surface area is 162 Å². The first kappa shape index (κ1) is 19.9. The highest BCUT2D eigenvalue weighted by Crippen LogP contribution is 2.27. The number of aromatic carboxylic acids is 1. The third kappa shape index (κ3) is 4.50. The molecule has 148 valence electrons. The van der Waals surface area contributed by atoms with Crippen LogP contribution >= 0.6 is 0 Å². The summed E-state index contributed by atoms with van der Waals surface area (Å²) in [4.78, 5) is 24.0. The fraction of sp³-hybridized carbons (Fsp3) is 0.450. The highest BCUT2D eigenvalue weighted by molar-refractivity contribution is 5.94. The van der Waals surface area contributed by atoms with Crippen LogP contribution in [0.5, 0.6) is 0 Å². The molecule has 2 heterocycles. The van der Waals surface area contributed by atoms with Gasteiger partial charge in [-0.25, -0.2) is 4.79 Å². The van der Waals surface area contributed by atoms with Crippen molar-refractivity contribution >= 4 is 22.6 Å². The smallest absolute Gasteiger partial charge is 0.341 e. The lowest BCUT2D eigenvalue weighted by Gasteiger charge is -2.21. The number of hydrogen-bond acceptors (Lipinski definition) is 6. The van der Waals surface area contributed by atoms with Gasteiger partial charge in [-0.05, 0) is 30.5 Å². The average Bonchev–Trinajstić information content (AvgIpc) is 2.69. The quantitative estimate of drug-likeness (QED) is 0.601. The van der Waals surface area contributed by atoms with E-state index in [0.29, 0.717) is 51.3 Å². The fourth-order valence-corrected chi connectivity index (χ4v) is 3.40. The zero-order valence-electron chi connectivity index (χ0n) is 15.6. The number of carbonyl (C=O) groups is 1. The molecule has 0 atom stereocenters. The summed E-state index contributed by atoms with van der Waals surface area (Å²) in [6.07, 6.45) is 3.59. The maximum Gasteiger partial charge on any atom is 0.341 e. The molecule has 1 aromatic carbocycles. The number of ether oxygens (including phenoxy) is 2. The first-order valence-electron chi connectivity index (χ1n) is 9.31. The molecule has 1 aliphatic rings. The van der Waals surface area contributed by atoms with Crippen LogP contribution in [0.1, 0.15) is 28.8 Å². The molecule has 0 amide bonds. The van der Waals surface area contributed by atoms with E-state index >= 15 is 0 Å². The molecule has 2 N–H and O–H groups in total. The topological polar surface area (TPSA) is 114 Å². The molecule has 0 radical (unpaired) electrons. The maximum atomic E-state index is 12.6. The molecule has 8 nitrogen and oxygen atoms in total. The molecule has 3 rings (SSSR count). The van der Waals surface area contributed by atoms with Gasteiger partial charge in [0.05, 0.1) is 44.4 Å². The monoisotopic (exact) mass is 385 g/mol. The van der Waals surface area contributed by atoms with Crippen molar-refractivity contribution < 1.29 is 19.4 Å². The van der Waals surface area contributed by atoms with Gasteiger partial charge in [-0.1, -0.05) is 0 Å². The van der Waals surface area contributed by atoms with E-state index in [2.05, 4.69) is 5.32 Å². The number of nitrogens with zero attached hydrogens (tertiary/aromatic N) is 2. The lowest BCUT2D eigenvalue weighted by Crippen LogP contribution is -2.22. The van der Waals surface area contributed by atoms with E-state index in [4.69, 9.17) is 14.7 Å². The molecule has 0 fully saturated rings. The Morgan fingerprint density at radius 2 is 2.04 bits per heavy atom. The van der Waals surface area contributed by atoms with Crippen molar-refractivity contribution in [3.63, 3.8) is 0 Å². The van der Waals surface area contributed by atoms with Crippen molar-refractivity contribution in [2.45, 2.75) is 25.8 Å². The van der Waals surface area contributed by atoms with E-state index in [1.165, 1.54) is 6.20 Å². The molecule has 2 aromatic rings. The van der Waals surface area contributed by atoms with Gasteiger partial charge in [-0.3, -0.25) is 4.79 Å². The number of carboxylic acid groups (broad SMARTS) is 1. The zero-order chi connectivity index (χ0) is 19.9. The van der Waals surface area contributed by atoms with Gasteiger partial charge in [0.25, 0.3) is 0 Å². The highest BCUT2D eigenvalue weighted by atomic mass is 16.5. The second kappa shape index (κ2) is 9.35. The highest BCUT2D eigenvalue weighted by Gasteiger charge is 2.19. The van der Waals surface area contributed by atoms with Gasteiger partial charge in [0, 0.05) is 30.4 Å². The molecule has 0 saturated heterocycles. The van der Waals surface area contributed by atoms with Crippen LogP contribution in [0.15, 0.2) is 23.1 Å². The van der Waals surface area contributed by atoms with Crippen LogP contribution in [-0.2, 0) is 22.4 Å². The lowest BCUT2D eigenvalue weighted by atomic mass is 9.98. The Kier molecular flexibility index (Phi) is 6.63. The van der Waals surface area contributed by atoms with Crippen molar-refractivity contribution in [1.82, 2.24) is 4.57 Å². The number of nitriles is 1. The molecule has 0 bridgehead atoms. The standard InChI is InChI=1S/C20H23N3O5/c21-4-2-7-27-9-10-28-8-5-22-15-11-14-3-1-6-23-13-17(20(25)26)19(24)16(12-15)18(14)23/h11-13,22H,1-3,5-10H2,(H,25,26). The molecule has 1 aliphatic heterocycles. The van der Waals surface area contributed by atoms with Gasteiger partial charge in [0.15, 0.2) is 0 Å². The van der Waals surface area contributed by atoms with Crippen molar-refractivity contribution in [2.24, 2.45) is 0 Å². The van der Waals surface area contributed by atoms with Crippen molar-refractivity contribution in [3.8, 4) is 6.07 Å². The number of aryl methyl sites for hydroxylation is 2. The summed E-state index contributed by atoms with van der Waals surface area (Å²) in [5, 5.41) is 21.4. The van der Waals surface area contributed by atoms with Crippen LogP contribution in [0.25, 0.3) is 10.9 Å². The van der Waals surface area contributed by atoms with Gasteiger partial charge < -0.3 is 24.5 Å². The summed E-state index contributed by atoms with van der Waals surface area (Å²) in [6.45, 7) is 3.03. The Balaban J connectivity index is 1.65. The molecular formula is C20H23N3O5. The molecule has 0 spiro atoms. The number of benzene rings is 1. The van der Waals surface area contributed by atoms with Gasteiger partial charge >= 0.3 is 5.97 Å². The first-order chi connectivity index (χ1) is 13.6. The van der Waals surface area contributed by atoms with E-state index in [1.807, 2.05) is 16.7 Å². The summed E-state index contributed by atoms with van der Waals surface area (Å²) >= 11 is 0. The minimum Gasteiger partial charge on any atom is -0.477 e. The first-order valence-corrected chi connectivity index (χ1v) is 9.31. The van der Waals surface area contributed by atoms with Gasteiger partial charge in [-0.15, -0.1) is 0 Å². The number of aromatic nitrogens is 1. The number of anilines is 1. The Morgan fingerprint density at radius 1 is 1.25 bits per heavy atom. The second-order valence-electron chi connectivity index (χ2n) is 6.57. The third-order valence-electron chi connectivity index (χ3n) is 4.63. The Hall–Kier alpha value is -2.89. The van der Waals surface area contributed by atoms with E-state index in [1.54, 1.807) is 6.07 Å². The molecule has 8 heteroatoms. The van der Waals surface area contributed by atoms with Crippen LogP contribution in [-0.4, -0.2) is 48.6 Å². The zero-order valence-corrected chi connectivity index (χ0v) is 15.6. The largest absolute Gasteiger partial charge is 0.477 e. The summed E-state index contributed by atoms with van der Waals surface area (Å²) in [5.41, 5.74) is 2.02. The van der Waals surface area contributed by atoms with Crippen LogP contribution in [0.3, 0.4) is 0 Å². The van der Waals surface area contributed by atoms with E-state index in [9.17, 15) is 14.7 Å². The predicted octanol–water partition coefficient (Wildman–Crippen LogP) is 2.00.